The number of fused-ring (bicyclic) bond motifs is 2. The van der Waals surface area contributed by atoms with Gasteiger partial charge in [0.15, 0.2) is 0 Å². The summed E-state index contributed by atoms with van der Waals surface area (Å²) in [5.41, 5.74) is 0. The Morgan fingerprint density at radius 1 is 1.05 bits per heavy atom. The van der Waals surface area contributed by atoms with Crippen molar-refractivity contribution in [3.05, 3.63) is 11.8 Å². The maximum atomic E-state index is 9.52. The van der Waals surface area contributed by atoms with E-state index >= 15 is 0 Å². The van der Waals surface area contributed by atoms with Gasteiger partial charge in [-0.2, -0.15) is 0 Å². The predicted octanol–water partition coefficient (Wildman–Crippen LogP) is 5.60. The second-order valence-corrected chi connectivity index (χ2v) is 7.76. The Kier molecular flexibility index (Phi) is 7.79. The SMILES string of the molecule is C[C@H](C[C@@H](C)O)OC1=C[C@H]2CCCCCCCCC[C@@H](C1)C2. The Morgan fingerprint density at radius 2 is 1.68 bits per heavy atom. The van der Waals surface area contributed by atoms with Crippen molar-refractivity contribution in [2.75, 3.05) is 0 Å². The summed E-state index contributed by atoms with van der Waals surface area (Å²) in [5, 5.41) is 9.52. The summed E-state index contributed by atoms with van der Waals surface area (Å²) in [6.07, 6.45) is 18.1. The van der Waals surface area contributed by atoms with Crippen LogP contribution in [0, 0.1) is 11.8 Å². The molecule has 2 rings (SSSR count). The zero-order chi connectivity index (χ0) is 15.8. The van der Waals surface area contributed by atoms with Gasteiger partial charge in [-0.25, -0.2) is 0 Å². The molecule has 2 bridgehead atoms. The van der Waals surface area contributed by atoms with Crippen molar-refractivity contribution < 1.29 is 9.84 Å². The zero-order valence-electron chi connectivity index (χ0n) is 14.7. The fourth-order valence-electron chi connectivity index (χ4n) is 4.21. The molecule has 2 aliphatic carbocycles. The average molecular weight is 309 g/mol. The fourth-order valence-corrected chi connectivity index (χ4v) is 4.21. The smallest absolute Gasteiger partial charge is 0.0978 e. The summed E-state index contributed by atoms with van der Waals surface area (Å²) >= 11 is 0. The Hall–Kier alpha value is -0.500. The molecule has 1 N–H and O–H groups in total. The van der Waals surface area contributed by atoms with Crippen molar-refractivity contribution in [1.29, 1.82) is 0 Å². The zero-order valence-corrected chi connectivity index (χ0v) is 14.7. The van der Waals surface area contributed by atoms with E-state index in [-0.39, 0.29) is 12.2 Å². The van der Waals surface area contributed by atoms with Gasteiger partial charge in [-0.15, -0.1) is 0 Å². The van der Waals surface area contributed by atoms with Crippen LogP contribution in [0.2, 0.25) is 0 Å². The molecule has 0 heterocycles. The van der Waals surface area contributed by atoms with E-state index in [0.29, 0.717) is 0 Å². The van der Waals surface area contributed by atoms with Gasteiger partial charge in [0.2, 0.25) is 0 Å². The van der Waals surface area contributed by atoms with Crippen molar-refractivity contribution in [1.82, 2.24) is 0 Å². The molecule has 1 saturated carbocycles. The minimum atomic E-state index is -0.274. The number of allylic oxidation sites excluding steroid dienone is 2. The van der Waals surface area contributed by atoms with Crippen molar-refractivity contribution in [3.8, 4) is 0 Å². The molecule has 128 valence electrons. The van der Waals surface area contributed by atoms with E-state index in [1.54, 1.807) is 0 Å². The van der Waals surface area contributed by atoms with E-state index in [2.05, 4.69) is 13.0 Å². The van der Waals surface area contributed by atoms with E-state index in [1.165, 1.54) is 70.0 Å². The lowest BCUT2D eigenvalue weighted by Gasteiger charge is -2.30. The highest BCUT2D eigenvalue weighted by Crippen LogP contribution is 2.36. The molecule has 1 fully saturated rings. The molecule has 0 unspecified atom stereocenters. The maximum Gasteiger partial charge on any atom is 0.0978 e. The standard InChI is InChI=1S/C20H36O2/c1-16(21)12-17(2)22-20-14-18-10-8-6-4-3-5-7-9-11-19(13-18)15-20/h14,16-19,21H,3-13,15H2,1-2H3/t16-,17-,18+,19-/m1/s1. The second kappa shape index (κ2) is 9.60. The van der Waals surface area contributed by atoms with E-state index < -0.39 is 0 Å². The summed E-state index contributed by atoms with van der Waals surface area (Å²) < 4.78 is 6.16. The van der Waals surface area contributed by atoms with Crippen molar-refractivity contribution >= 4 is 0 Å². The van der Waals surface area contributed by atoms with Crippen LogP contribution >= 0.6 is 0 Å². The highest BCUT2D eigenvalue weighted by Gasteiger charge is 2.24. The lowest BCUT2D eigenvalue weighted by Crippen LogP contribution is -2.21. The van der Waals surface area contributed by atoms with Crippen LogP contribution in [-0.2, 0) is 4.74 Å². The summed E-state index contributed by atoms with van der Waals surface area (Å²) in [7, 11) is 0. The predicted molar refractivity (Wildman–Crippen MR) is 92.7 cm³/mol. The molecule has 0 spiro atoms. The first-order valence-corrected chi connectivity index (χ1v) is 9.69. The van der Waals surface area contributed by atoms with Crippen LogP contribution in [-0.4, -0.2) is 17.3 Å². The van der Waals surface area contributed by atoms with Gasteiger partial charge in [0, 0.05) is 12.8 Å². The van der Waals surface area contributed by atoms with Crippen LogP contribution in [0.3, 0.4) is 0 Å². The molecule has 0 aromatic heterocycles. The summed E-state index contributed by atoms with van der Waals surface area (Å²) in [4.78, 5) is 0. The Balaban J connectivity index is 1.92. The average Bonchev–Trinajstić information content (AvgIpc) is 2.43. The third kappa shape index (κ3) is 6.73. The summed E-state index contributed by atoms with van der Waals surface area (Å²) in [5.74, 6) is 2.77. The van der Waals surface area contributed by atoms with E-state index in [0.717, 1.165) is 24.7 Å². The van der Waals surface area contributed by atoms with Gasteiger partial charge in [-0.1, -0.05) is 44.9 Å². The van der Waals surface area contributed by atoms with Gasteiger partial charge in [-0.3, -0.25) is 0 Å². The van der Waals surface area contributed by atoms with Gasteiger partial charge in [0.05, 0.1) is 18.0 Å². The maximum absolute atomic E-state index is 9.52. The number of ether oxygens (including phenoxy) is 1. The molecule has 0 saturated heterocycles. The first kappa shape index (κ1) is 17.8. The fraction of sp³-hybridized carbons (Fsp3) is 0.900. The Labute approximate surface area is 137 Å². The highest BCUT2D eigenvalue weighted by atomic mass is 16.5. The second-order valence-electron chi connectivity index (χ2n) is 7.76. The molecule has 22 heavy (non-hydrogen) atoms. The molecule has 0 aromatic rings. The topological polar surface area (TPSA) is 29.5 Å². The van der Waals surface area contributed by atoms with Crippen molar-refractivity contribution in [2.24, 2.45) is 11.8 Å². The van der Waals surface area contributed by atoms with Gasteiger partial charge < -0.3 is 9.84 Å². The quantitative estimate of drug-likeness (QED) is 0.732. The van der Waals surface area contributed by atoms with Gasteiger partial charge >= 0.3 is 0 Å². The van der Waals surface area contributed by atoms with Crippen LogP contribution < -0.4 is 0 Å². The molecule has 2 nitrogen and oxygen atoms in total. The summed E-state index contributed by atoms with van der Waals surface area (Å²) in [6.45, 7) is 3.93. The first-order valence-electron chi connectivity index (χ1n) is 9.69. The largest absolute Gasteiger partial charge is 0.495 e. The number of hydrogen-bond acceptors (Lipinski definition) is 2. The molecule has 0 amide bonds. The summed E-state index contributed by atoms with van der Waals surface area (Å²) in [6, 6.07) is 0. The highest BCUT2D eigenvalue weighted by molar-refractivity contribution is 5.04. The van der Waals surface area contributed by atoms with Crippen LogP contribution in [0.25, 0.3) is 0 Å². The van der Waals surface area contributed by atoms with E-state index in [9.17, 15) is 5.11 Å². The third-order valence-electron chi connectivity index (χ3n) is 5.26. The van der Waals surface area contributed by atoms with Gasteiger partial charge in [0.1, 0.15) is 0 Å². The monoisotopic (exact) mass is 308 g/mol. The number of aliphatic hydroxyl groups excluding tert-OH is 1. The van der Waals surface area contributed by atoms with Crippen LogP contribution in [0.5, 0.6) is 0 Å². The number of rotatable bonds is 4. The third-order valence-corrected chi connectivity index (χ3v) is 5.26. The molecular formula is C20H36O2. The lowest BCUT2D eigenvalue weighted by atomic mass is 9.80. The molecule has 0 aliphatic heterocycles. The van der Waals surface area contributed by atoms with E-state index in [4.69, 9.17) is 4.74 Å². The number of hydrogen-bond donors (Lipinski definition) is 1. The molecule has 2 heteroatoms. The minimum Gasteiger partial charge on any atom is -0.495 e. The van der Waals surface area contributed by atoms with Gasteiger partial charge in [0.25, 0.3) is 0 Å². The Morgan fingerprint density at radius 3 is 2.36 bits per heavy atom. The van der Waals surface area contributed by atoms with Crippen LogP contribution in [0.4, 0.5) is 0 Å². The minimum absolute atomic E-state index is 0.129. The molecule has 4 atom stereocenters. The number of aliphatic hydroxyl groups is 1. The molecule has 0 aromatic carbocycles. The first-order chi connectivity index (χ1) is 10.6. The Bertz CT molecular complexity index is 335. The van der Waals surface area contributed by atoms with Crippen LogP contribution in [0.15, 0.2) is 11.8 Å². The normalized spacial score (nSPS) is 30.4. The van der Waals surface area contributed by atoms with E-state index in [1.807, 2.05) is 6.92 Å². The lowest BCUT2D eigenvalue weighted by molar-refractivity contribution is 0.0587. The molecule has 2 aliphatic rings. The van der Waals surface area contributed by atoms with Gasteiger partial charge in [-0.05, 0) is 51.0 Å². The van der Waals surface area contributed by atoms with Crippen LogP contribution in [0.1, 0.15) is 90.9 Å². The molecular weight excluding hydrogens is 272 g/mol. The van der Waals surface area contributed by atoms with Crippen molar-refractivity contribution in [2.45, 2.75) is 103 Å². The van der Waals surface area contributed by atoms with Crippen molar-refractivity contribution in [3.63, 3.8) is 0 Å². The molecule has 0 radical (unpaired) electrons.